The lowest BCUT2D eigenvalue weighted by molar-refractivity contribution is 0.0827. The minimum absolute atomic E-state index is 0. The van der Waals surface area contributed by atoms with Crippen LogP contribution in [0.1, 0.15) is 34.5 Å². The van der Waals surface area contributed by atoms with Crippen LogP contribution in [0.3, 0.4) is 0 Å². The second-order valence-electron chi connectivity index (χ2n) is 6.57. The van der Waals surface area contributed by atoms with Crippen LogP contribution in [0.15, 0.2) is 53.5 Å². The Balaban J connectivity index is 0.00000392. The second kappa shape index (κ2) is 11.9. The summed E-state index contributed by atoms with van der Waals surface area (Å²) in [7, 11) is 5.27. The molecule has 5 nitrogen and oxygen atoms in total. The molecule has 2 aromatic carbocycles. The van der Waals surface area contributed by atoms with Gasteiger partial charge < -0.3 is 15.5 Å². The molecule has 0 spiro atoms. The third-order valence-electron chi connectivity index (χ3n) is 4.23. The van der Waals surface area contributed by atoms with Crippen molar-refractivity contribution in [3.63, 3.8) is 0 Å². The van der Waals surface area contributed by atoms with E-state index in [0.29, 0.717) is 12.1 Å². The first-order chi connectivity index (χ1) is 12.9. The Bertz CT molecular complexity index is 793. The van der Waals surface area contributed by atoms with E-state index in [0.717, 1.165) is 28.5 Å². The SMILES string of the molecule is CN=C(NCCc1cccc(C(=O)N(C)C)c1)NC(C)c1ccc(Cl)cc1.I. The van der Waals surface area contributed by atoms with Gasteiger partial charge in [0.15, 0.2) is 5.96 Å². The van der Waals surface area contributed by atoms with Crippen LogP contribution in [-0.4, -0.2) is 44.5 Å². The summed E-state index contributed by atoms with van der Waals surface area (Å²) in [5.41, 5.74) is 2.95. The molecule has 2 rings (SSSR count). The number of hydrogen-bond donors (Lipinski definition) is 2. The zero-order valence-corrected chi connectivity index (χ0v) is 19.8. The summed E-state index contributed by atoms with van der Waals surface area (Å²) < 4.78 is 0. The molecular formula is C21H28ClIN4O. The van der Waals surface area contributed by atoms with E-state index in [1.807, 2.05) is 48.5 Å². The van der Waals surface area contributed by atoms with E-state index < -0.39 is 0 Å². The summed E-state index contributed by atoms with van der Waals surface area (Å²) in [6, 6.07) is 15.6. The zero-order valence-electron chi connectivity index (χ0n) is 16.7. The van der Waals surface area contributed by atoms with Gasteiger partial charge in [-0.25, -0.2) is 0 Å². The Morgan fingerprint density at radius 3 is 2.46 bits per heavy atom. The molecule has 2 N–H and O–H groups in total. The Morgan fingerprint density at radius 1 is 1.18 bits per heavy atom. The third-order valence-corrected chi connectivity index (χ3v) is 4.49. The van der Waals surface area contributed by atoms with Crippen LogP contribution < -0.4 is 10.6 Å². The lowest BCUT2D eigenvalue weighted by Gasteiger charge is -2.18. The minimum atomic E-state index is 0. The van der Waals surface area contributed by atoms with E-state index in [1.54, 1.807) is 26.0 Å². The fraction of sp³-hybridized carbons (Fsp3) is 0.333. The number of carbonyl (C=O) groups excluding carboxylic acids is 1. The molecule has 0 radical (unpaired) electrons. The van der Waals surface area contributed by atoms with Crippen molar-refractivity contribution in [3.8, 4) is 0 Å². The van der Waals surface area contributed by atoms with E-state index in [4.69, 9.17) is 11.6 Å². The molecule has 7 heteroatoms. The third kappa shape index (κ3) is 7.31. The molecule has 0 aliphatic carbocycles. The van der Waals surface area contributed by atoms with Gasteiger partial charge in [0.1, 0.15) is 0 Å². The predicted molar refractivity (Wildman–Crippen MR) is 128 cm³/mol. The van der Waals surface area contributed by atoms with Crippen molar-refractivity contribution in [3.05, 3.63) is 70.2 Å². The van der Waals surface area contributed by atoms with Crippen LogP contribution in [0, 0.1) is 0 Å². The summed E-state index contributed by atoms with van der Waals surface area (Å²) in [5, 5.41) is 7.41. The van der Waals surface area contributed by atoms with Crippen LogP contribution in [-0.2, 0) is 6.42 Å². The van der Waals surface area contributed by atoms with Gasteiger partial charge in [0, 0.05) is 38.3 Å². The monoisotopic (exact) mass is 514 g/mol. The van der Waals surface area contributed by atoms with Gasteiger partial charge in [0.2, 0.25) is 0 Å². The van der Waals surface area contributed by atoms with Gasteiger partial charge in [-0.2, -0.15) is 0 Å². The molecule has 0 fully saturated rings. The normalized spacial score (nSPS) is 12.0. The molecule has 0 aliphatic rings. The number of nitrogens with one attached hydrogen (secondary N) is 2. The maximum Gasteiger partial charge on any atom is 0.253 e. The van der Waals surface area contributed by atoms with Crippen LogP contribution in [0.2, 0.25) is 5.02 Å². The molecular weight excluding hydrogens is 487 g/mol. The lowest BCUT2D eigenvalue weighted by Crippen LogP contribution is -2.39. The van der Waals surface area contributed by atoms with E-state index >= 15 is 0 Å². The first-order valence-corrected chi connectivity index (χ1v) is 9.31. The Hall–Kier alpha value is -1.80. The van der Waals surface area contributed by atoms with E-state index in [2.05, 4.69) is 22.5 Å². The quantitative estimate of drug-likeness (QED) is 0.346. The highest BCUT2D eigenvalue weighted by Crippen LogP contribution is 2.15. The van der Waals surface area contributed by atoms with Crippen molar-refractivity contribution in [1.82, 2.24) is 15.5 Å². The average molecular weight is 515 g/mol. The lowest BCUT2D eigenvalue weighted by atomic mass is 10.1. The molecule has 1 atom stereocenters. The van der Waals surface area contributed by atoms with Crippen molar-refractivity contribution in [1.29, 1.82) is 0 Å². The summed E-state index contributed by atoms with van der Waals surface area (Å²) in [4.78, 5) is 17.9. The highest BCUT2D eigenvalue weighted by atomic mass is 127. The summed E-state index contributed by atoms with van der Waals surface area (Å²) >= 11 is 5.94. The number of guanidine groups is 1. The highest BCUT2D eigenvalue weighted by molar-refractivity contribution is 14.0. The maximum atomic E-state index is 12.1. The fourth-order valence-corrected chi connectivity index (χ4v) is 2.80. The number of rotatable bonds is 6. The Labute approximate surface area is 189 Å². The van der Waals surface area contributed by atoms with Gasteiger partial charge in [-0.3, -0.25) is 9.79 Å². The van der Waals surface area contributed by atoms with E-state index in [1.165, 1.54) is 0 Å². The standard InChI is InChI=1S/C21H27ClN4O.HI/c1-15(17-8-10-19(22)11-9-17)25-21(23-2)24-13-12-16-6-5-7-18(14-16)20(27)26(3)4;/h5-11,14-15H,12-13H2,1-4H3,(H2,23,24,25);1H. The first-order valence-electron chi connectivity index (χ1n) is 8.94. The topological polar surface area (TPSA) is 56.7 Å². The summed E-state index contributed by atoms with van der Waals surface area (Å²) in [5.74, 6) is 0.747. The Morgan fingerprint density at radius 2 is 1.86 bits per heavy atom. The van der Waals surface area contributed by atoms with Gasteiger partial charge in [-0.05, 0) is 48.7 Å². The molecule has 1 amide bonds. The molecule has 0 bridgehead atoms. The van der Waals surface area contributed by atoms with Crippen molar-refractivity contribution >= 4 is 47.4 Å². The molecule has 2 aromatic rings. The van der Waals surface area contributed by atoms with Gasteiger partial charge >= 0.3 is 0 Å². The van der Waals surface area contributed by atoms with Gasteiger partial charge in [-0.15, -0.1) is 24.0 Å². The number of amides is 1. The van der Waals surface area contributed by atoms with E-state index in [-0.39, 0.29) is 35.9 Å². The number of benzene rings is 2. The van der Waals surface area contributed by atoms with E-state index in [9.17, 15) is 4.79 Å². The minimum Gasteiger partial charge on any atom is -0.356 e. The van der Waals surface area contributed by atoms with Crippen LogP contribution >= 0.6 is 35.6 Å². The Kier molecular flexibility index (Phi) is 10.3. The predicted octanol–water partition coefficient (Wildman–Crippen LogP) is 4.13. The highest BCUT2D eigenvalue weighted by Gasteiger charge is 2.09. The largest absolute Gasteiger partial charge is 0.356 e. The molecule has 0 aromatic heterocycles. The molecule has 0 heterocycles. The summed E-state index contributed by atoms with van der Waals surface area (Å²) in [6.45, 7) is 2.79. The number of halogens is 2. The first kappa shape index (κ1) is 24.2. The van der Waals surface area contributed by atoms with Crippen molar-refractivity contribution < 1.29 is 4.79 Å². The molecule has 0 saturated carbocycles. The van der Waals surface area contributed by atoms with Gasteiger partial charge in [0.05, 0.1) is 6.04 Å². The number of carbonyl (C=O) groups is 1. The van der Waals surface area contributed by atoms with Gasteiger partial charge in [-0.1, -0.05) is 35.9 Å². The number of aliphatic imine (C=N–C) groups is 1. The molecule has 1 unspecified atom stereocenters. The number of nitrogens with zero attached hydrogens (tertiary/aromatic N) is 2. The average Bonchev–Trinajstić information content (AvgIpc) is 2.67. The molecule has 0 aliphatic heterocycles. The fourth-order valence-electron chi connectivity index (χ4n) is 2.68. The maximum absolute atomic E-state index is 12.1. The summed E-state index contributed by atoms with van der Waals surface area (Å²) in [6.07, 6.45) is 0.796. The number of hydrogen-bond acceptors (Lipinski definition) is 2. The van der Waals surface area contributed by atoms with Crippen molar-refractivity contribution in [2.45, 2.75) is 19.4 Å². The molecule has 152 valence electrons. The molecule has 0 saturated heterocycles. The van der Waals surface area contributed by atoms with Crippen LogP contribution in [0.5, 0.6) is 0 Å². The van der Waals surface area contributed by atoms with Crippen LogP contribution in [0.4, 0.5) is 0 Å². The smallest absolute Gasteiger partial charge is 0.253 e. The molecule has 28 heavy (non-hydrogen) atoms. The van der Waals surface area contributed by atoms with Crippen molar-refractivity contribution in [2.24, 2.45) is 4.99 Å². The van der Waals surface area contributed by atoms with Crippen LogP contribution in [0.25, 0.3) is 0 Å². The van der Waals surface area contributed by atoms with Crippen molar-refractivity contribution in [2.75, 3.05) is 27.7 Å². The zero-order chi connectivity index (χ0) is 19.8. The second-order valence-corrected chi connectivity index (χ2v) is 7.00. The van der Waals surface area contributed by atoms with Gasteiger partial charge in [0.25, 0.3) is 5.91 Å².